The second-order valence-electron chi connectivity index (χ2n) is 6.58. The number of ketones is 1. The van der Waals surface area contributed by atoms with Crippen molar-refractivity contribution in [3.8, 4) is 5.75 Å². The number of amides is 1. The summed E-state index contributed by atoms with van der Waals surface area (Å²) in [6, 6.07) is 7.22. The molecule has 0 unspecified atom stereocenters. The maximum atomic E-state index is 12.3. The molecule has 150 valence electrons. The number of benzene rings is 1. The topological polar surface area (TPSA) is 81.7 Å². The van der Waals surface area contributed by atoms with Gasteiger partial charge in [-0.3, -0.25) is 14.4 Å². The normalized spacial score (nSPS) is 11.6. The van der Waals surface area contributed by atoms with Gasteiger partial charge in [-0.1, -0.05) is 6.07 Å². The van der Waals surface area contributed by atoms with E-state index >= 15 is 0 Å². The number of anilines is 1. The predicted octanol–water partition coefficient (Wildman–Crippen LogP) is 4.22. The highest BCUT2D eigenvalue weighted by Gasteiger charge is 2.20. The van der Waals surface area contributed by atoms with Crippen LogP contribution in [0.3, 0.4) is 0 Å². The van der Waals surface area contributed by atoms with E-state index in [1.165, 1.54) is 14.0 Å². The monoisotopic (exact) mass is 403 g/mol. The first kappa shape index (κ1) is 21.6. The molecule has 1 aromatic carbocycles. The summed E-state index contributed by atoms with van der Waals surface area (Å²) in [6.45, 7) is 7.21. The smallest absolute Gasteiger partial charge is 0.307 e. The average molecular weight is 404 g/mol. The molecule has 7 heteroatoms. The van der Waals surface area contributed by atoms with Gasteiger partial charge in [0.25, 0.3) is 5.91 Å². The summed E-state index contributed by atoms with van der Waals surface area (Å²) < 4.78 is 10.4. The SMILES string of the molecule is COc1ccc(C)cc1NC(=O)[C@@H](C)OC(=O)CCC(=O)c1cc(C)sc1C. The van der Waals surface area contributed by atoms with Crippen molar-refractivity contribution in [1.82, 2.24) is 0 Å². The molecule has 1 N–H and O–H groups in total. The number of esters is 1. The van der Waals surface area contributed by atoms with Gasteiger partial charge in [-0.2, -0.15) is 0 Å². The molecular formula is C21H25NO5S. The molecule has 0 radical (unpaired) electrons. The molecule has 1 heterocycles. The number of carbonyl (C=O) groups is 3. The highest BCUT2D eigenvalue weighted by Crippen LogP contribution is 2.25. The van der Waals surface area contributed by atoms with E-state index in [1.807, 2.05) is 32.9 Å². The summed E-state index contributed by atoms with van der Waals surface area (Å²) in [5.74, 6) is -0.630. The van der Waals surface area contributed by atoms with Crippen molar-refractivity contribution in [2.24, 2.45) is 0 Å². The van der Waals surface area contributed by atoms with Crippen LogP contribution in [-0.2, 0) is 14.3 Å². The third-order valence-electron chi connectivity index (χ3n) is 4.19. The summed E-state index contributed by atoms with van der Waals surface area (Å²) in [6.07, 6.45) is -1.01. The van der Waals surface area contributed by atoms with Crippen molar-refractivity contribution in [1.29, 1.82) is 0 Å². The Labute approximate surface area is 168 Å². The molecule has 28 heavy (non-hydrogen) atoms. The van der Waals surface area contributed by atoms with Gasteiger partial charge in [0.05, 0.1) is 19.2 Å². The number of methoxy groups -OCH3 is 1. The zero-order valence-corrected chi connectivity index (χ0v) is 17.6. The largest absolute Gasteiger partial charge is 0.495 e. The van der Waals surface area contributed by atoms with Crippen molar-refractivity contribution >= 4 is 34.7 Å². The number of aryl methyl sites for hydroxylation is 3. The second kappa shape index (κ2) is 9.50. The van der Waals surface area contributed by atoms with Gasteiger partial charge in [-0.05, 0) is 51.5 Å². The van der Waals surface area contributed by atoms with E-state index in [-0.39, 0.29) is 18.6 Å². The molecule has 0 saturated heterocycles. The molecule has 0 aliphatic heterocycles. The Bertz CT molecular complexity index is 887. The number of rotatable bonds is 8. The summed E-state index contributed by atoms with van der Waals surface area (Å²) >= 11 is 1.55. The molecule has 2 rings (SSSR count). The lowest BCUT2D eigenvalue weighted by molar-refractivity contribution is -0.153. The van der Waals surface area contributed by atoms with Crippen molar-refractivity contribution in [3.63, 3.8) is 0 Å². The first-order chi connectivity index (χ1) is 13.2. The van der Waals surface area contributed by atoms with E-state index < -0.39 is 18.0 Å². The highest BCUT2D eigenvalue weighted by atomic mass is 32.1. The van der Waals surface area contributed by atoms with Crippen LogP contribution in [0.5, 0.6) is 5.75 Å². The van der Waals surface area contributed by atoms with Crippen LogP contribution in [0.2, 0.25) is 0 Å². The quantitative estimate of drug-likeness (QED) is 0.527. The first-order valence-electron chi connectivity index (χ1n) is 8.96. The standard InChI is InChI=1S/C21H25NO5S/c1-12-6-8-19(26-5)17(10-12)22-21(25)14(3)27-20(24)9-7-18(23)16-11-13(2)28-15(16)4/h6,8,10-11,14H,7,9H2,1-5H3,(H,22,25)/t14-/m1/s1. The van der Waals surface area contributed by atoms with Gasteiger partial charge in [-0.15, -0.1) is 11.3 Å². The summed E-state index contributed by atoms with van der Waals surface area (Å²) in [5.41, 5.74) is 2.11. The minimum Gasteiger partial charge on any atom is -0.495 e. The lowest BCUT2D eigenvalue weighted by Gasteiger charge is -2.15. The van der Waals surface area contributed by atoms with Crippen LogP contribution in [-0.4, -0.2) is 30.9 Å². The van der Waals surface area contributed by atoms with Gasteiger partial charge in [0.2, 0.25) is 0 Å². The van der Waals surface area contributed by atoms with E-state index in [2.05, 4.69) is 5.32 Å². The highest BCUT2D eigenvalue weighted by molar-refractivity contribution is 7.12. The Balaban J connectivity index is 1.88. The van der Waals surface area contributed by atoms with Crippen LogP contribution in [0.25, 0.3) is 0 Å². The van der Waals surface area contributed by atoms with Crippen LogP contribution in [0.15, 0.2) is 24.3 Å². The van der Waals surface area contributed by atoms with Crippen LogP contribution < -0.4 is 10.1 Å². The maximum Gasteiger partial charge on any atom is 0.307 e. The van der Waals surface area contributed by atoms with E-state index in [0.29, 0.717) is 17.0 Å². The molecule has 2 aromatic rings. The van der Waals surface area contributed by atoms with Gasteiger partial charge >= 0.3 is 5.97 Å². The van der Waals surface area contributed by atoms with E-state index in [1.54, 1.807) is 23.5 Å². The molecule has 1 aromatic heterocycles. The Kier molecular flexibility index (Phi) is 7.34. The van der Waals surface area contributed by atoms with Crippen molar-refractivity contribution in [2.45, 2.75) is 46.6 Å². The summed E-state index contributed by atoms with van der Waals surface area (Å²) in [5, 5.41) is 2.70. The Morgan fingerprint density at radius 2 is 1.82 bits per heavy atom. The molecule has 0 saturated carbocycles. The molecule has 0 fully saturated rings. The number of Topliss-reactive ketones (excluding diaryl/α,β-unsaturated/α-hetero) is 1. The molecule has 0 aliphatic rings. The van der Waals surface area contributed by atoms with Crippen molar-refractivity contribution in [3.05, 3.63) is 45.1 Å². The fourth-order valence-corrected chi connectivity index (χ4v) is 3.66. The third kappa shape index (κ3) is 5.66. The molecular weight excluding hydrogens is 378 g/mol. The van der Waals surface area contributed by atoms with E-state index in [4.69, 9.17) is 9.47 Å². The van der Waals surface area contributed by atoms with Crippen LogP contribution in [0.1, 0.15) is 45.4 Å². The third-order valence-corrected chi connectivity index (χ3v) is 5.15. The van der Waals surface area contributed by atoms with E-state index in [9.17, 15) is 14.4 Å². The Morgan fingerprint density at radius 3 is 2.43 bits per heavy atom. The molecule has 1 amide bonds. The fraction of sp³-hybridized carbons (Fsp3) is 0.381. The molecule has 0 aliphatic carbocycles. The lowest BCUT2D eigenvalue weighted by atomic mass is 10.1. The maximum absolute atomic E-state index is 12.3. The molecule has 0 spiro atoms. The van der Waals surface area contributed by atoms with Crippen LogP contribution in [0, 0.1) is 20.8 Å². The van der Waals surface area contributed by atoms with Crippen molar-refractivity contribution < 1.29 is 23.9 Å². The van der Waals surface area contributed by atoms with Gasteiger partial charge < -0.3 is 14.8 Å². The minimum atomic E-state index is -0.988. The molecule has 1 atom stereocenters. The Hall–Kier alpha value is -2.67. The zero-order valence-electron chi connectivity index (χ0n) is 16.8. The first-order valence-corrected chi connectivity index (χ1v) is 9.78. The van der Waals surface area contributed by atoms with Gasteiger partial charge in [0.1, 0.15) is 5.75 Å². The van der Waals surface area contributed by atoms with Crippen molar-refractivity contribution in [2.75, 3.05) is 12.4 Å². The number of thiophene rings is 1. The van der Waals surface area contributed by atoms with Crippen LogP contribution >= 0.6 is 11.3 Å². The lowest BCUT2D eigenvalue weighted by Crippen LogP contribution is -2.30. The number of nitrogens with one attached hydrogen (secondary N) is 1. The number of ether oxygens (including phenoxy) is 2. The fourth-order valence-electron chi connectivity index (χ4n) is 2.72. The second-order valence-corrected chi connectivity index (χ2v) is 8.04. The summed E-state index contributed by atoms with van der Waals surface area (Å²) in [4.78, 5) is 38.6. The van der Waals surface area contributed by atoms with Crippen LogP contribution in [0.4, 0.5) is 5.69 Å². The number of hydrogen-bond donors (Lipinski definition) is 1. The minimum absolute atomic E-state index is 0.0515. The molecule has 0 bridgehead atoms. The van der Waals surface area contributed by atoms with Gasteiger partial charge in [0.15, 0.2) is 11.9 Å². The van der Waals surface area contributed by atoms with Gasteiger partial charge in [0, 0.05) is 21.7 Å². The van der Waals surface area contributed by atoms with Gasteiger partial charge in [-0.25, -0.2) is 0 Å². The zero-order chi connectivity index (χ0) is 20.8. The Morgan fingerprint density at radius 1 is 1.11 bits per heavy atom. The number of carbonyl (C=O) groups excluding carboxylic acids is 3. The van der Waals surface area contributed by atoms with E-state index in [0.717, 1.165) is 15.3 Å². The number of hydrogen-bond acceptors (Lipinski definition) is 6. The predicted molar refractivity (Wildman–Crippen MR) is 109 cm³/mol. The average Bonchev–Trinajstić information content (AvgIpc) is 2.98. The summed E-state index contributed by atoms with van der Waals surface area (Å²) in [7, 11) is 1.51. The molecule has 6 nitrogen and oxygen atoms in total.